The Morgan fingerprint density at radius 1 is 1.20 bits per heavy atom. The maximum absolute atomic E-state index is 13.9. The van der Waals surface area contributed by atoms with Crippen molar-refractivity contribution < 1.29 is 18.7 Å². The summed E-state index contributed by atoms with van der Waals surface area (Å²) < 4.78 is 19.2. The van der Waals surface area contributed by atoms with Crippen LogP contribution in [0.5, 0.6) is 0 Å². The van der Waals surface area contributed by atoms with Crippen LogP contribution in [0.3, 0.4) is 0 Å². The second-order valence-electron chi connectivity index (χ2n) is 5.82. The first kappa shape index (κ1) is 17.1. The number of carbonyl (C=O) groups is 2. The van der Waals surface area contributed by atoms with Gasteiger partial charge in [-0.2, -0.15) is 0 Å². The van der Waals surface area contributed by atoms with Gasteiger partial charge in [0.05, 0.1) is 5.69 Å². The lowest BCUT2D eigenvalue weighted by atomic mass is 10.1. The fraction of sp³-hybridized carbons (Fsp3) is 0.263. The highest BCUT2D eigenvalue weighted by molar-refractivity contribution is 6.01. The molecule has 1 heterocycles. The second-order valence-corrected chi connectivity index (χ2v) is 5.82. The average molecular weight is 342 g/mol. The molecule has 3 rings (SSSR count). The lowest BCUT2D eigenvalue weighted by molar-refractivity contribution is -0.134. The monoisotopic (exact) mass is 342 g/mol. The number of hydrogen-bond donors (Lipinski definition) is 1. The van der Waals surface area contributed by atoms with E-state index in [0.29, 0.717) is 18.5 Å². The van der Waals surface area contributed by atoms with Crippen molar-refractivity contribution >= 4 is 17.5 Å². The van der Waals surface area contributed by atoms with Crippen molar-refractivity contribution in [2.75, 3.05) is 18.6 Å². The molecule has 1 saturated heterocycles. The van der Waals surface area contributed by atoms with Gasteiger partial charge in [-0.05, 0) is 24.1 Å². The highest BCUT2D eigenvalue weighted by Gasteiger charge is 2.36. The lowest BCUT2D eigenvalue weighted by Gasteiger charge is -2.20. The van der Waals surface area contributed by atoms with Crippen LogP contribution in [0.15, 0.2) is 54.6 Å². The minimum absolute atomic E-state index is 0.232. The molecule has 130 valence electrons. The molecular weight excluding hydrogens is 323 g/mol. The van der Waals surface area contributed by atoms with E-state index in [9.17, 15) is 14.0 Å². The molecule has 1 N–H and O–H groups in total. The molecular formula is C19H19FN2O3. The number of para-hydroxylation sites is 1. The Kier molecular flexibility index (Phi) is 5.09. The molecule has 2 atom stereocenters. The van der Waals surface area contributed by atoms with Crippen LogP contribution in [0.25, 0.3) is 0 Å². The molecule has 0 spiro atoms. The number of methoxy groups -OCH3 is 1. The molecule has 0 aromatic heterocycles. The Bertz CT molecular complexity index is 766. The first-order valence-corrected chi connectivity index (χ1v) is 8.06. The van der Waals surface area contributed by atoms with Gasteiger partial charge in [0, 0.05) is 13.7 Å². The van der Waals surface area contributed by atoms with Crippen LogP contribution >= 0.6 is 0 Å². The number of nitrogens with zero attached hydrogens (tertiary/aromatic N) is 1. The number of carbonyl (C=O) groups excluding carboxylic acids is 2. The Morgan fingerprint density at radius 2 is 1.88 bits per heavy atom. The Balaban J connectivity index is 1.70. The number of amides is 2. The summed E-state index contributed by atoms with van der Waals surface area (Å²) >= 11 is 0. The van der Waals surface area contributed by atoms with Gasteiger partial charge in [-0.15, -0.1) is 0 Å². The van der Waals surface area contributed by atoms with Gasteiger partial charge in [0.1, 0.15) is 11.9 Å². The molecule has 0 radical (unpaired) electrons. The van der Waals surface area contributed by atoms with Crippen LogP contribution in [-0.4, -0.2) is 31.5 Å². The van der Waals surface area contributed by atoms with Crippen molar-refractivity contribution in [3.8, 4) is 0 Å². The van der Waals surface area contributed by atoms with Crippen molar-refractivity contribution in [3.05, 3.63) is 66.0 Å². The minimum Gasteiger partial charge on any atom is -0.367 e. The summed E-state index contributed by atoms with van der Waals surface area (Å²) in [4.78, 5) is 26.4. The van der Waals surface area contributed by atoms with Crippen molar-refractivity contribution in [3.63, 3.8) is 0 Å². The van der Waals surface area contributed by atoms with Crippen LogP contribution in [-0.2, 0) is 14.3 Å². The number of rotatable bonds is 5. The number of anilines is 1. The largest absolute Gasteiger partial charge is 0.367 e. The predicted octanol–water partition coefficient (Wildman–Crippen LogP) is 2.43. The Labute approximate surface area is 145 Å². The third kappa shape index (κ3) is 3.53. The van der Waals surface area contributed by atoms with Crippen LogP contribution in [0.2, 0.25) is 0 Å². The normalized spacial score (nSPS) is 18.2. The van der Waals surface area contributed by atoms with E-state index in [2.05, 4.69) is 5.32 Å². The SMILES string of the molecule is CO[C@H](C(=O)N[C@H]1CCN(c2ccccc2F)C1=O)c1ccccc1. The number of halogens is 1. The third-order valence-electron chi connectivity index (χ3n) is 4.24. The summed E-state index contributed by atoms with van der Waals surface area (Å²) in [6.45, 7) is 0.355. The van der Waals surface area contributed by atoms with Gasteiger partial charge >= 0.3 is 0 Å². The number of hydrogen-bond acceptors (Lipinski definition) is 3. The highest BCUT2D eigenvalue weighted by atomic mass is 19.1. The second kappa shape index (κ2) is 7.44. The summed E-state index contributed by atoms with van der Waals surface area (Å²) in [6, 6.07) is 14.5. The van der Waals surface area contributed by atoms with E-state index in [1.54, 1.807) is 30.3 Å². The molecule has 5 nitrogen and oxygen atoms in total. The first-order chi connectivity index (χ1) is 12.1. The van der Waals surface area contributed by atoms with E-state index in [4.69, 9.17) is 4.74 Å². The predicted molar refractivity (Wildman–Crippen MR) is 91.5 cm³/mol. The molecule has 1 fully saturated rings. The van der Waals surface area contributed by atoms with Crippen molar-refractivity contribution in [1.29, 1.82) is 0 Å². The Morgan fingerprint density at radius 3 is 2.56 bits per heavy atom. The molecule has 6 heteroatoms. The molecule has 2 aromatic carbocycles. The molecule has 2 amide bonds. The van der Waals surface area contributed by atoms with Crippen LogP contribution in [0.1, 0.15) is 18.1 Å². The van der Waals surface area contributed by atoms with E-state index in [0.717, 1.165) is 0 Å². The topological polar surface area (TPSA) is 58.6 Å². The van der Waals surface area contributed by atoms with Gasteiger partial charge in [0.15, 0.2) is 6.10 Å². The van der Waals surface area contributed by atoms with Crippen molar-refractivity contribution in [1.82, 2.24) is 5.32 Å². The minimum atomic E-state index is -0.795. The summed E-state index contributed by atoms with van der Waals surface area (Å²) in [6.07, 6.45) is -0.374. The van der Waals surface area contributed by atoms with E-state index in [1.165, 1.54) is 18.1 Å². The van der Waals surface area contributed by atoms with E-state index in [-0.39, 0.29) is 17.5 Å². The standard InChI is InChI=1S/C19H19FN2O3/c1-25-17(13-7-3-2-4-8-13)18(23)21-15-11-12-22(19(15)24)16-10-6-5-9-14(16)20/h2-10,15,17H,11-12H2,1H3,(H,21,23)/t15-,17-/m0/s1. The third-order valence-corrected chi connectivity index (χ3v) is 4.24. The molecule has 0 bridgehead atoms. The summed E-state index contributed by atoms with van der Waals surface area (Å²) in [7, 11) is 1.44. The molecule has 1 aliphatic heterocycles. The zero-order valence-corrected chi connectivity index (χ0v) is 13.8. The highest BCUT2D eigenvalue weighted by Crippen LogP contribution is 2.25. The zero-order chi connectivity index (χ0) is 17.8. The quantitative estimate of drug-likeness (QED) is 0.908. The summed E-state index contributed by atoms with van der Waals surface area (Å²) in [5.41, 5.74) is 0.939. The maximum Gasteiger partial charge on any atom is 0.254 e. The number of ether oxygens (including phenoxy) is 1. The lowest BCUT2D eigenvalue weighted by Crippen LogP contribution is -2.44. The van der Waals surface area contributed by atoms with Gasteiger partial charge in [-0.25, -0.2) is 4.39 Å². The van der Waals surface area contributed by atoms with Crippen LogP contribution < -0.4 is 10.2 Å². The molecule has 0 aliphatic carbocycles. The van der Waals surface area contributed by atoms with Gasteiger partial charge in [-0.3, -0.25) is 9.59 Å². The van der Waals surface area contributed by atoms with E-state index < -0.39 is 18.0 Å². The number of nitrogens with one attached hydrogen (secondary N) is 1. The van der Waals surface area contributed by atoms with E-state index >= 15 is 0 Å². The zero-order valence-electron chi connectivity index (χ0n) is 13.8. The fourth-order valence-electron chi connectivity index (χ4n) is 2.99. The maximum atomic E-state index is 13.9. The average Bonchev–Trinajstić information content (AvgIpc) is 2.97. The molecule has 0 unspecified atom stereocenters. The van der Waals surface area contributed by atoms with Gasteiger partial charge < -0.3 is 15.0 Å². The van der Waals surface area contributed by atoms with Crippen molar-refractivity contribution in [2.24, 2.45) is 0 Å². The molecule has 2 aromatic rings. The molecule has 0 saturated carbocycles. The first-order valence-electron chi connectivity index (χ1n) is 8.06. The molecule has 1 aliphatic rings. The smallest absolute Gasteiger partial charge is 0.254 e. The number of benzene rings is 2. The summed E-state index contributed by atoms with van der Waals surface area (Å²) in [5, 5.41) is 2.72. The Hall–Kier alpha value is -2.73. The summed E-state index contributed by atoms with van der Waals surface area (Å²) in [5.74, 6) is -1.16. The fourth-order valence-corrected chi connectivity index (χ4v) is 2.99. The van der Waals surface area contributed by atoms with Crippen molar-refractivity contribution in [2.45, 2.75) is 18.6 Å². The molecule has 25 heavy (non-hydrogen) atoms. The van der Waals surface area contributed by atoms with Gasteiger partial charge in [0.25, 0.3) is 5.91 Å². The van der Waals surface area contributed by atoms with Crippen LogP contribution in [0, 0.1) is 5.82 Å². The van der Waals surface area contributed by atoms with Gasteiger partial charge in [0.2, 0.25) is 5.91 Å². The van der Waals surface area contributed by atoms with E-state index in [1.807, 2.05) is 18.2 Å². The van der Waals surface area contributed by atoms with Crippen LogP contribution in [0.4, 0.5) is 10.1 Å². The van der Waals surface area contributed by atoms with Gasteiger partial charge in [-0.1, -0.05) is 42.5 Å².